The van der Waals surface area contributed by atoms with E-state index in [-0.39, 0.29) is 5.89 Å². The van der Waals surface area contributed by atoms with Crippen molar-refractivity contribution in [3.8, 4) is 22.7 Å². The summed E-state index contributed by atoms with van der Waals surface area (Å²) in [6.07, 6.45) is 2.37. The van der Waals surface area contributed by atoms with E-state index in [4.69, 9.17) is 4.42 Å². The number of pyridine rings is 1. The highest BCUT2D eigenvalue weighted by Gasteiger charge is 2.18. The lowest BCUT2D eigenvalue weighted by molar-refractivity contribution is 0.109. The Kier molecular flexibility index (Phi) is 3.88. The van der Waals surface area contributed by atoms with Gasteiger partial charge in [0, 0.05) is 33.9 Å². The third kappa shape index (κ3) is 2.69. The molecule has 4 rings (SSSR count). The molecule has 0 spiro atoms. The second-order valence-corrected chi connectivity index (χ2v) is 6.58. The van der Waals surface area contributed by atoms with Crippen LogP contribution in [0.5, 0.6) is 0 Å². The zero-order valence-electron chi connectivity index (χ0n) is 14.8. The van der Waals surface area contributed by atoms with Crippen molar-refractivity contribution in [2.75, 3.05) is 0 Å². The molecule has 0 aliphatic heterocycles. The maximum atomic E-state index is 10.8. The lowest BCUT2D eigenvalue weighted by Gasteiger charge is -2.09. The number of nitrogens with one attached hydrogen (secondary N) is 1. The Balaban J connectivity index is 1.92. The van der Waals surface area contributed by atoms with Gasteiger partial charge in [-0.3, -0.25) is 9.78 Å². The normalized spacial score (nSPS) is 11.4. The number of H-pyrrole nitrogens is 1. The van der Waals surface area contributed by atoms with Crippen LogP contribution in [0.2, 0.25) is 0 Å². The SMILES string of the molecule is Cc1cc(-c2[nH]c3ccc(-c4nnc(C=O)o4)cc3c2C(C)C)ccn1. The van der Waals surface area contributed by atoms with Crippen LogP contribution in [-0.2, 0) is 0 Å². The molecule has 3 aromatic heterocycles. The fourth-order valence-corrected chi connectivity index (χ4v) is 3.27. The van der Waals surface area contributed by atoms with Crippen molar-refractivity contribution in [3.63, 3.8) is 0 Å². The van der Waals surface area contributed by atoms with Crippen LogP contribution in [0.4, 0.5) is 0 Å². The highest BCUT2D eigenvalue weighted by Crippen LogP contribution is 2.37. The number of hydrogen-bond acceptors (Lipinski definition) is 5. The second-order valence-electron chi connectivity index (χ2n) is 6.58. The Morgan fingerprint density at radius 2 is 1.96 bits per heavy atom. The number of hydrogen-bond donors (Lipinski definition) is 1. The fraction of sp³-hybridized carbons (Fsp3) is 0.200. The molecule has 0 radical (unpaired) electrons. The topological polar surface area (TPSA) is 84.7 Å². The molecule has 3 heterocycles. The summed E-state index contributed by atoms with van der Waals surface area (Å²) in [5.74, 6) is 0.633. The Bertz CT molecular complexity index is 1110. The molecule has 0 saturated heterocycles. The Morgan fingerprint density at radius 3 is 2.65 bits per heavy atom. The van der Waals surface area contributed by atoms with Gasteiger partial charge in [-0.25, -0.2) is 0 Å². The van der Waals surface area contributed by atoms with Gasteiger partial charge in [0.15, 0.2) is 0 Å². The van der Waals surface area contributed by atoms with Crippen LogP contribution in [-0.4, -0.2) is 26.5 Å². The quantitative estimate of drug-likeness (QED) is 0.549. The van der Waals surface area contributed by atoms with Crippen molar-refractivity contribution in [1.29, 1.82) is 0 Å². The number of aromatic amines is 1. The number of carbonyl (C=O) groups is 1. The van der Waals surface area contributed by atoms with Gasteiger partial charge >= 0.3 is 0 Å². The molecule has 4 aromatic rings. The predicted molar refractivity (Wildman–Crippen MR) is 99.0 cm³/mol. The average Bonchev–Trinajstić information content (AvgIpc) is 3.25. The highest BCUT2D eigenvalue weighted by atomic mass is 16.4. The molecule has 0 fully saturated rings. The number of carbonyl (C=O) groups excluding carboxylic acids is 1. The molecule has 6 nitrogen and oxygen atoms in total. The number of rotatable bonds is 4. The van der Waals surface area contributed by atoms with E-state index in [1.807, 2.05) is 37.4 Å². The molecule has 1 aromatic carbocycles. The lowest BCUT2D eigenvalue weighted by atomic mass is 9.95. The maximum absolute atomic E-state index is 10.8. The fourth-order valence-electron chi connectivity index (χ4n) is 3.27. The molecular formula is C20H18N4O2. The maximum Gasteiger partial charge on any atom is 0.280 e. The zero-order valence-corrected chi connectivity index (χ0v) is 14.8. The minimum absolute atomic E-state index is 0.0220. The van der Waals surface area contributed by atoms with Gasteiger partial charge in [-0.05, 0) is 48.7 Å². The Morgan fingerprint density at radius 1 is 1.12 bits per heavy atom. The minimum atomic E-state index is -0.0220. The van der Waals surface area contributed by atoms with Crippen LogP contribution in [0.3, 0.4) is 0 Å². The lowest BCUT2D eigenvalue weighted by Crippen LogP contribution is -1.91. The first-order valence-electron chi connectivity index (χ1n) is 8.44. The molecule has 1 N–H and O–H groups in total. The molecule has 0 aliphatic rings. The van der Waals surface area contributed by atoms with Crippen molar-refractivity contribution >= 4 is 17.2 Å². The first kappa shape index (κ1) is 16.2. The van der Waals surface area contributed by atoms with E-state index in [9.17, 15) is 4.79 Å². The van der Waals surface area contributed by atoms with Crippen LogP contribution >= 0.6 is 0 Å². The van der Waals surface area contributed by atoms with Gasteiger partial charge in [0.1, 0.15) is 0 Å². The van der Waals surface area contributed by atoms with Crippen LogP contribution in [0.25, 0.3) is 33.6 Å². The van der Waals surface area contributed by atoms with Gasteiger partial charge in [0.25, 0.3) is 5.89 Å². The first-order chi connectivity index (χ1) is 12.6. The molecule has 0 atom stereocenters. The van der Waals surface area contributed by atoms with Crippen molar-refractivity contribution in [1.82, 2.24) is 20.2 Å². The molecule has 0 unspecified atom stereocenters. The smallest absolute Gasteiger partial charge is 0.280 e. The standard InChI is InChI=1S/C20H18N4O2/c1-11(2)18-15-9-14(20-24-23-17(10-25)26-20)4-5-16(15)22-19(18)13-6-7-21-12(3)8-13/h4-11,22H,1-3H3. The van der Waals surface area contributed by atoms with Gasteiger partial charge in [-0.15, -0.1) is 10.2 Å². The van der Waals surface area contributed by atoms with E-state index in [1.54, 1.807) is 0 Å². The number of nitrogens with zero attached hydrogens (tertiary/aromatic N) is 3. The van der Waals surface area contributed by atoms with E-state index in [2.05, 4.69) is 40.1 Å². The molecule has 0 bridgehead atoms. The molecule has 6 heteroatoms. The second kappa shape index (κ2) is 6.22. The van der Waals surface area contributed by atoms with Crippen LogP contribution in [0.15, 0.2) is 40.9 Å². The summed E-state index contributed by atoms with van der Waals surface area (Å²) in [6.45, 7) is 6.33. The van der Waals surface area contributed by atoms with Crippen LogP contribution < -0.4 is 0 Å². The van der Waals surface area contributed by atoms with Crippen molar-refractivity contribution in [3.05, 3.63) is 53.7 Å². The predicted octanol–water partition coefficient (Wildman–Crippen LogP) is 4.52. The molecule has 0 aliphatic carbocycles. The number of aldehydes is 1. The van der Waals surface area contributed by atoms with E-state index < -0.39 is 0 Å². The summed E-state index contributed by atoms with van der Waals surface area (Å²) in [5.41, 5.74) is 6.23. The third-order valence-electron chi connectivity index (χ3n) is 4.39. The molecule has 0 saturated carbocycles. The largest absolute Gasteiger partial charge is 0.414 e. The number of fused-ring (bicyclic) bond motifs is 1. The van der Waals surface area contributed by atoms with E-state index in [0.717, 1.165) is 33.4 Å². The number of benzene rings is 1. The highest BCUT2D eigenvalue weighted by molar-refractivity contribution is 5.93. The van der Waals surface area contributed by atoms with Gasteiger partial charge in [0.05, 0.1) is 5.69 Å². The Hall–Kier alpha value is -3.28. The van der Waals surface area contributed by atoms with Crippen LogP contribution in [0, 0.1) is 6.92 Å². The molecule has 0 amide bonds. The van der Waals surface area contributed by atoms with Crippen LogP contribution in [0.1, 0.15) is 41.7 Å². The number of aryl methyl sites for hydroxylation is 1. The zero-order chi connectivity index (χ0) is 18.3. The molecule has 130 valence electrons. The van der Waals surface area contributed by atoms with E-state index in [1.165, 1.54) is 5.56 Å². The molecule has 26 heavy (non-hydrogen) atoms. The summed E-state index contributed by atoms with van der Waals surface area (Å²) < 4.78 is 5.37. The third-order valence-corrected chi connectivity index (χ3v) is 4.39. The summed E-state index contributed by atoms with van der Waals surface area (Å²) in [7, 11) is 0. The molecular weight excluding hydrogens is 328 g/mol. The van der Waals surface area contributed by atoms with Gasteiger partial charge in [0.2, 0.25) is 12.2 Å². The van der Waals surface area contributed by atoms with Gasteiger partial charge in [-0.2, -0.15) is 0 Å². The monoisotopic (exact) mass is 346 g/mol. The first-order valence-corrected chi connectivity index (χ1v) is 8.44. The van der Waals surface area contributed by atoms with Crippen molar-refractivity contribution < 1.29 is 9.21 Å². The average molecular weight is 346 g/mol. The summed E-state index contributed by atoms with van der Waals surface area (Å²) in [4.78, 5) is 18.6. The van der Waals surface area contributed by atoms with Gasteiger partial charge in [-0.1, -0.05) is 13.8 Å². The van der Waals surface area contributed by atoms with E-state index in [0.29, 0.717) is 18.1 Å². The summed E-state index contributed by atoms with van der Waals surface area (Å²) >= 11 is 0. The Labute approximate surface area is 150 Å². The summed E-state index contributed by atoms with van der Waals surface area (Å²) in [6, 6.07) is 10.0. The van der Waals surface area contributed by atoms with Crippen molar-refractivity contribution in [2.45, 2.75) is 26.7 Å². The minimum Gasteiger partial charge on any atom is -0.414 e. The van der Waals surface area contributed by atoms with E-state index >= 15 is 0 Å². The summed E-state index contributed by atoms with van der Waals surface area (Å²) in [5, 5.41) is 8.76. The van der Waals surface area contributed by atoms with Crippen molar-refractivity contribution in [2.24, 2.45) is 0 Å². The number of aromatic nitrogens is 4. The van der Waals surface area contributed by atoms with Gasteiger partial charge < -0.3 is 9.40 Å².